The molecule has 0 heterocycles. The summed E-state index contributed by atoms with van der Waals surface area (Å²) in [5.41, 5.74) is 8.40. The quantitative estimate of drug-likeness (QED) is 0.923. The van der Waals surface area contributed by atoms with Crippen molar-refractivity contribution in [3.63, 3.8) is 0 Å². The monoisotopic (exact) mass is 282 g/mol. The zero-order valence-corrected chi connectivity index (χ0v) is 12.5. The van der Waals surface area contributed by atoms with E-state index in [4.69, 9.17) is 5.73 Å². The van der Waals surface area contributed by atoms with E-state index in [1.54, 1.807) is 0 Å². The van der Waals surface area contributed by atoms with Crippen molar-refractivity contribution in [1.29, 1.82) is 0 Å². The second-order valence-corrected chi connectivity index (χ2v) is 5.27. The van der Waals surface area contributed by atoms with Crippen LogP contribution in [0, 0.1) is 0 Å². The van der Waals surface area contributed by atoms with Crippen LogP contribution in [0.5, 0.6) is 0 Å². The van der Waals surface area contributed by atoms with E-state index < -0.39 is 0 Å². The number of hydrogen-bond donors (Lipinski definition) is 1. The molecule has 0 bridgehead atoms. The topological polar surface area (TPSA) is 46.3 Å². The molecule has 2 rings (SSSR count). The lowest BCUT2D eigenvalue weighted by atomic mass is 10.1. The molecular weight excluding hydrogens is 260 g/mol. The van der Waals surface area contributed by atoms with Crippen LogP contribution in [0.1, 0.15) is 43.4 Å². The molecule has 106 valence electrons. The average molecular weight is 283 g/mol. The summed E-state index contributed by atoms with van der Waals surface area (Å²) in [7, 11) is 1.91. The van der Waals surface area contributed by atoms with Gasteiger partial charge in [-0.15, -0.1) is 12.4 Å². The van der Waals surface area contributed by atoms with Crippen molar-refractivity contribution >= 4 is 18.3 Å². The van der Waals surface area contributed by atoms with E-state index in [-0.39, 0.29) is 30.4 Å². The molecule has 0 fully saturated rings. The average Bonchev–Trinajstić information content (AvgIpc) is 2.78. The Balaban J connectivity index is 0.00000180. The summed E-state index contributed by atoms with van der Waals surface area (Å²) in [5, 5.41) is 0. The number of aryl methyl sites for hydroxylation is 1. The summed E-state index contributed by atoms with van der Waals surface area (Å²) in [6.07, 6.45) is 3.43. The van der Waals surface area contributed by atoms with E-state index in [2.05, 4.69) is 24.3 Å². The highest BCUT2D eigenvalue weighted by atomic mass is 35.5. The summed E-state index contributed by atoms with van der Waals surface area (Å²) in [6, 6.07) is 8.77. The van der Waals surface area contributed by atoms with Crippen molar-refractivity contribution in [3.8, 4) is 0 Å². The molecule has 1 aromatic rings. The fourth-order valence-corrected chi connectivity index (χ4v) is 2.64. The molecule has 0 aromatic heterocycles. The van der Waals surface area contributed by atoms with Gasteiger partial charge in [-0.25, -0.2) is 0 Å². The van der Waals surface area contributed by atoms with Crippen LogP contribution in [0.3, 0.4) is 0 Å². The van der Waals surface area contributed by atoms with Gasteiger partial charge in [0.25, 0.3) is 0 Å². The number of hydrogen-bond acceptors (Lipinski definition) is 2. The van der Waals surface area contributed by atoms with E-state index in [1.165, 1.54) is 11.1 Å². The number of halogens is 1. The third kappa shape index (κ3) is 3.71. The summed E-state index contributed by atoms with van der Waals surface area (Å²) in [4.78, 5) is 14.0. The Morgan fingerprint density at radius 3 is 2.84 bits per heavy atom. The van der Waals surface area contributed by atoms with E-state index in [9.17, 15) is 4.79 Å². The first-order valence-corrected chi connectivity index (χ1v) is 6.68. The lowest BCUT2D eigenvalue weighted by Crippen LogP contribution is -2.31. The molecule has 2 unspecified atom stereocenters. The number of rotatable bonds is 4. The van der Waals surface area contributed by atoms with Crippen molar-refractivity contribution in [1.82, 2.24) is 4.90 Å². The zero-order valence-electron chi connectivity index (χ0n) is 11.6. The van der Waals surface area contributed by atoms with E-state index >= 15 is 0 Å². The van der Waals surface area contributed by atoms with Crippen LogP contribution in [0.2, 0.25) is 0 Å². The van der Waals surface area contributed by atoms with Crippen LogP contribution in [-0.4, -0.2) is 23.9 Å². The van der Waals surface area contributed by atoms with Gasteiger partial charge in [-0.2, -0.15) is 0 Å². The van der Waals surface area contributed by atoms with Crippen LogP contribution >= 0.6 is 12.4 Å². The SMILES string of the molecule is CC(N)CCC(=O)N(C)C1CCc2ccccc21.Cl. The van der Waals surface area contributed by atoms with Gasteiger partial charge in [0, 0.05) is 19.5 Å². The lowest BCUT2D eigenvalue weighted by Gasteiger charge is -2.26. The molecule has 0 saturated heterocycles. The Hall–Kier alpha value is -1.06. The summed E-state index contributed by atoms with van der Waals surface area (Å²) < 4.78 is 0. The largest absolute Gasteiger partial charge is 0.339 e. The highest BCUT2D eigenvalue weighted by Gasteiger charge is 2.27. The molecule has 4 heteroatoms. The minimum Gasteiger partial charge on any atom is -0.339 e. The maximum Gasteiger partial charge on any atom is 0.222 e. The fraction of sp³-hybridized carbons (Fsp3) is 0.533. The first-order valence-electron chi connectivity index (χ1n) is 6.68. The normalized spacial score (nSPS) is 18.4. The van der Waals surface area contributed by atoms with Gasteiger partial charge >= 0.3 is 0 Å². The standard InChI is InChI=1S/C15H22N2O.ClH/c1-11(16)7-10-15(18)17(2)14-9-8-12-5-3-4-6-13(12)14;/h3-6,11,14H,7-10,16H2,1-2H3;1H. The minimum absolute atomic E-state index is 0. The number of benzene rings is 1. The molecule has 1 aliphatic rings. The van der Waals surface area contributed by atoms with Crippen molar-refractivity contribution in [3.05, 3.63) is 35.4 Å². The maximum atomic E-state index is 12.1. The van der Waals surface area contributed by atoms with Crippen molar-refractivity contribution < 1.29 is 4.79 Å². The number of nitrogens with two attached hydrogens (primary N) is 1. The van der Waals surface area contributed by atoms with E-state index in [0.717, 1.165) is 19.3 Å². The third-order valence-electron chi connectivity index (χ3n) is 3.78. The van der Waals surface area contributed by atoms with Gasteiger partial charge in [-0.3, -0.25) is 4.79 Å². The fourth-order valence-electron chi connectivity index (χ4n) is 2.64. The number of carbonyl (C=O) groups excluding carboxylic acids is 1. The van der Waals surface area contributed by atoms with Crippen LogP contribution in [-0.2, 0) is 11.2 Å². The Morgan fingerprint density at radius 1 is 1.47 bits per heavy atom. The first kappa shape index (κ1) is 16.0. The first-order chi connectivity index (χ1) is 8.59. The molecule has 1 amide bonds. The summed E-state index contributed by atoms with van der Waals surface area (Å²) >= 11 is 0. The highest BCUT2D eigenvalue weighted by Crippen LogP contribution is 2.35. The van der Waals surface area contributed by atoms with Crippen LogP contribution in [0.15, 0.2) is 24.3 Å². The van der Waals surface area contributed by atoms with Crippen molar-refractivity contribution in [2.24, 2.45) is 5.73 Å². The molecule has 0 radical (unpaired) electrons. The van der Waals surface area contributed by atoms with Gasteiger partial charge < -0.3 is 10.6 Å². The molecule has 0 spiro atoms. The summed E-state index contributed by atoms with van der Waals surface area (Å²) in [6.45, 7) is 1.94. The predicted octanol–water partition coefficient (Wildman–Crippen LogP) is 2.68. The lowest BCUT2D eigenvalue weighted by molar-refractivity contribution is -0.132. The second-order valence-electron chi connectivity index (χ2n) is 5.27. The molecular formula is C15H23ClN2O. The molecule has 2 N–H and O–H groups in total. The Bertz CT molecular complexity index is 434. The van der Waals surface area contributed by atoms with Gasteiger partial charge in [0.2, 0.25) is 5.91 Å². The third-order valence-corrected chi connectivity index (χ3v) is 3.78. The maximum absolute atomic E-state index is 12.1. The van der Waals surface area contributed by atoms with Gasteiger partial charge in [-0.05, 0) is 37.3 Å². The van der Waals surface area contributed by atoms with Gasteiger partial charge in [0.05, 0.1) is 6.04 Å². The highest BCUT2D eigenvalue weighted by molar-refractivity contribution is 5.85. The zero-order chi connectivity index (χ0) is 13.1. The van der Waals surface area contributed by atoms with Gasteiger partial charge in [0.15, 0.2) is 0 Å². The van der Waals surface area contributed by atoms with Crippen LogP contribution in [0.25, 0.3) is 0 Å². The number of nitrogens with zero attached hydrogens (tertiary/aromatic N) is 1. The van der Waals surface area contributed by atoms with Crippen LogP contribution in [0.4, 0.5) is 0 Å². The number of carbonyl (C=O) groups is 1. The molecule has 0 saturated carbocycles. The van der Waals surface area contributed by atoms with Crippen LogP contribution < -0.4 is 5.73 Å². The van der Waals surface area contributed by atoms with E-state index in [0.29, 0.717) is 6.42 Å². The molecule has 0 aliphatic heterocycles. The Morgan fingerprint density at radius 2 is 2.16 bits per heavy atom. The Kier molecular flexibility index (Phi) is 5.83. The predicted molar refractivity (Wildman–Crippen MR) is 80.4 cm³/mol. The smallest absolute Gasteiger partial charge is 0.222 e. The Labute approximate surface area is 121 Å². The van der Waals surface area contributed by atoms with E-state index in [1.807, 2.05) is 18.9 Å². The molecule has 3 nitrogen and oxygen atoms in total. The van der Waals surface area contributed by atoms with Crippen molar-refractivity contribution in [2.45, 2.75) is 44.7 Å². The number of amides is 1. The van der Waals surface area contributed by atoms with Gasteiger partial charge in [-0.1, -0.05) is 24.3 Å². The minimum atomic E-state index is 0. The molecule has 19 heavy (non-hydrogen) atoms. The molecule has 1 aromatic carbocycles. The number of fused-ring (bicyclic) bond motifs is 1. The molecule has 2 atom stereocenters. The molecule has 1 aliphatic carbocycles. The second kappa shape index (κ2) is 6.92. The summed E-state index contributed by atoms with van der Waals surface area (Å²) in [5.74, 6) is 0.203. The van der Waals surface area contributed by atoms with Gasteiger partial charge in [0.1, 0.15) is 0 Å². The van der Waals surface area contributed by atoms with Crippen molar-refractivity contribution in [2.75, 3.05) is 7.05 Å².